The zero-order valence-corrected chi connectivity index (χ0v) is 16.5. The van der Waals surface area contributed by atoms with Crippen LogP contribution in [0.1, 0.15) is 17.2 Å². The number of nitriles is 1. The zero-order valence-electron chi connectivity index (χ0n) is 15.7. The van der Waals surface area contributed by atoms with E-state index < -0.39 is 5.92 Å². The average Bonchev–Trinajstić information content (AvgIpc) is 3.15. The van der Waals surface area contributed by atoms with Gasteiger partial charge in [-0.3, -0.25) is 4.57 Å². The molecule has 8 heteroatoms. The van der Waals surface area contributed by atoms with Gasteiger partial charge in [0.1, 0.15) is 23.7 Å². The molecule has 3 aromatic rings. The highest BCUT2D eigenvalue weighted by atomic mass is 35.5. The van der Waals surface area contributed by atoms with E-state index in [1.165, 1.54) is 0 Å². The first-order chi connectivity index (χ1) is 14.1. The molecule has 1 atom stereocenters. The number of hydrogen-bond acceptors (Lipinski definition) is 6. The van der Waals surface area contributed by atoms with Crippen molar-refractivity contribution in [1.29, 1.82) is 5.26 Å². The highest BCUT2D eigenvalue weighted by Crippen LogP contribution is 2.43. The van der Waals surface area contributed by atoms with E-state index in [4.69, 9.17) is 31.5 Å². The first kappa shape index (κ1) is 18.7. The summed E-state index contributed by atoms with van der Waals surface area (Å²) in [4.78, 5) is 4.53. The quantitative estimate of drug-likeness (QED) is 0.706. The largest absolute Gasteiger partial charge is 0.493 e. The van der Waals surface area contributed by atoms with Crippen molar-refractivity contribution >= 4 is 11.6 Å². The lowest BCUT2D eigenvalue weighted by Crippen LogP contribution is -2.22. The Hall–Kier alpha value is -3.63. The van der Waals surface area contributed by atoms with Gasteiger partial charge >= 0.3 is 0 Å². The molecular formula is C21H17ClN4O3. The third-order valence-corrected chi connectivity index (χ3v) is 4.97. The molecule has 2 aromatic carbocycles. The summed E-state index contributed by atoms with van der Waals surface area (Å²) in [6, 6.07) is 14.9. The minimum atomic E-state index is -0.483. The average molecular weight is 409 g/mol. The molecule has 0 unspecified atom stereocenters. The van der Waals surface area contributed by atoms with Crippen molar-refractivity contribution in [3.05, 3.63) is 76.5 Å². The van der Waals surface area contributed by atoms with E-state index in [1.54, 1.807) is 49.4 Å². The van der Waals surface area contributed by atoms with Crippen LogP contribution in [-0.4, -0.2) is 23.8 Å². The van der Waals surface area contributed by atoms with Crippen molar-refractivity contribution in [1.82, 2.24) is 9.55 Å². The van der Waals surface area contributed by atoms with Gasteiger partial charge < -0.3 is 19.9 Å². The predicted octanol–water partition coefficient (Wildman–Crippen LogP) is 3.76. The van der Waals surface area contributed by atoms with E-state index in [-0.39, 0.29) is 11.5 Å². The van der Waals surface area contributed by atoms with Gasteiger partial charge in [0.2, 0.25) is 11.8 Å². The molecular weight excluding hydrogens is 392 g/mol. The number of rotatable bonds is 4. The SMILES string of the molecule is COc1ccc(-n2cnc3c2OC(N)=C(C#N)[C@@H]3c2cccc(Cl)c2)cc1OC. The van der Waals surface area contributed by atoms with Crippen LogP contribution < -0.4 is 19.9 Å². The maximum absolute atomic E-state index is 9.67. The van der Waals surface area contributed by atoms with Crippen molar-refractivity contribution in [2.45, 2.75) is 5.92 Å². The maximum atomic E-state index is 9.67. The van der Waals surface area contributed by atoms with Gasteiger partial charge in [-0.2, -0.15) is 5.26 Å². The predicted molar refractivity (Wildman–Crippen MR) is 107 cm³/mol. The van der Waals surface area contributed by atoms with E-state index in [1.807, 2.05) is 18.2 Å². The Balaban J connectivity index is 1.87. The second kappa shape index (κ2) is 7.41. The van der Waals surface area contributed by atoms with Crippen molar-refractivity contribution < 1.29 is 14.2 Å². The maximum Gasteiger partial charge on any atom is 0.230 e. The molecule has 0 saturated heterocycles. The molecule has 1 aromatic heterocycles. The fraction of sp³-hybridized carbons (Fsp3) is 0.143. The van der Waals surface area contributed by atoms with Crippen LogP contribution in [0.25, 0.3) is 5.69 Å². The molecule has 2 heterocycles. The van der Waals surface area contributed by atoms with Crippen LogP contribution in [0.4, 0.5) is 0 Å². The van der Waals surface area contributed by atoms with Crippen LogP contribution in [0.5, 0.6) is 17.4 Å². The molecule has 29 heavy (non-hydrogen) atoms. The highest BCUT2D eigenvalue weighted by Gasteiger charge is 2.34. The lowest BCUT2D eigenvalue weighted by Gasteiger charge is -2.24. The Morgan fingerprint density at radius 3 is 2.66 bits per heavy atom. The number of halogens is 1. The van der Waals surface area contributed by atoms with Crippen LogP contribution in [-0.2, 0) is 0 Å². The molecule has 7 nitrogen and oxygen atoms in total. The number of imidazole rings is 1. The van der Waals surface area contributed by atoms with E-state index in [0.717, 1.165) is 11.3 Å². The normalized spacial score (nSPS) is 15.3. The summed E-state index contributed by atoms with van der Waals surface area (Å²) in [7, 11) is 3.14. The first-order valence-electron chi connectivity index (χ1n) is 8.70. The van der Waals surface area contributed by atoms with Gasteiger partial charge in [0.15, 0.2) is 11.5 Å². The molecule has 4 rings (SSSR count). The van der Waals surface area contributed by atoms with Gasteiger partial charge in [-0.25, -0.2) is 4.98 Å². The second-order valence-corrected chi connectivity index (χ2v) is 6.76. The van der Waals surface area contributed by atoms with Crippen LogP contribution in [0, 0.1) is 11.3 Å². The third-order valence-electron chi connectivity index (χ3n) is 4.73. The third kappa shape index (κ3) is 3.13. The second-order valence-electron chi connectivity index (χ2n) is 6.32. The van der Waals surface area contributed by atoms with E-state index in [0.29, 0.717) is 28.1 Å². The van der Waals surface area contributed by atoms with E-state index in [9.17, 15) is 5.26 Å². The Morgan fingerprint density at radius 2 is 1.97 bits per heavy atom. The molecule has 0 saturated carbocycles. The fourth-order valence-corrected chi connectivity index (χ4v) is 3.58. The Labute approximate surface area is 172 Å². The number of ether oxygens (including phenoxy) is 3. The number of nitrogens with zero attached hydrogens (tertiary/aromatic N) is 3. The van der Waals surface area contributed by atoms with Crippen LogP contribution in [0.2, 0.25) is 5.02 Å². The minimum absolute atomic E-state index is 0.0344. The summed E-state index contributed by atoms with van der Waals surface area (Å²) < 4.78 is 18.2. The molecule has 146 valence electrons. The first-order valence-corrected chi connectivity index (χ1v) is 9.07. The summed E-state index contributed by atoms with van der Waals surface area (Å²) in [6.45, 7) is 0. The number of fused-ring (bicyclic) bond motifs is 1. The molecule has 1 aliphatic rings. The van der Waals surface area contributed by atoms with Crippen LogP contribution in [0.3, 0.4) is 0 Å². The molecule has 0 fully saturated rings. The monoisotopic (exact) mass is 408 g/mol. The number of aromatic nitrogens is 2. The molecule has 2 N–H and O–H groups in total. The van der Waals surface area contributed by atoms with Gasteiger partial charge in [-0.05, 0) is 29.8 Å². The Bertz CT molecular complexity index is 1160. The Morgan fingerprint density at radius 1 is 1.17 bits per heavy atom. The topological polar surface area (TPSA) is 95.3 Å². The summed E-state index contributed by atoms with van der Waals surface area (Å²) >= 11 is 6.17. The van der Waals surface area contributed by atoms with Gasteiger partial charge in [-0.15, -0.1) is 0 Å². The lowest BCUT2D eigenvalue weighted by molar-refractivity contribution is 0.354. The number of nitrogens with two attached hydrogens (primary N) is 1. The molecule has 0 amide bonds. The van der Waals surface area contributed by atoms with E-state index >= 15 is 0 Å². The van der Waals surface area contributed by atoms with Crippen LogP contribution >= 0.6 is 11.6 Å². The van der Waals surface area contributed by atoms with Crippen molar-refractivity contribution in [2.24, 2.45) is 5.73 Å². The Kier molecular flexibility index (Phi) is 4.79. The number of methoxy groups -OCH3 is 2. The van der Waals surface area contributed by atoms with Crippen LogP contribution in [0.15, 0.2) is 60.2 Å². The highest BCUT2D eigenvalue weighted by molar-refractivity contribution is 6.30. The smallest absolute Gasteiger partial charge is 0.230 e. The number of allylic oxidation sites excluding steroid dienone is 1. The number of benzene rings is 2. The zero-order chi connectivity index (χ0) is 20.5. The van der Waals surface area contributed by atoms with E-state index in [2.05, 4.69) is 11.1 Å². The molecule has 1 aliphatic heterocycles. The summed E-state index contributed by atoms with van der Waals surface area (Å²) in [5.41, 5.74) is 8.51. The van der Waals surface area contributed by atoms with Crippen molar-refractivity contribution in [3.63, 3.8) is 0 Å². The standard InChI is InChI=1S/C21H17ClN4O3/c1-27-16-7-6-14(9-17(16)28-2)26-11-25-19-18(12-4-3-5-13(22)8-12)15(10-23)20(24)29-21(19)26/h3-9,11,18H,24H2,1-2H3/t18-/m0/s1. The summed E-state index contributed by atoms with van der Waals surface area (Å²) in [5, 5.41) is 10.2. The van der Waals surface area contributed by atoms with Gasteiger partial charge in [0.05, 0.1) is 25.8 Å². The van der Waals surface area contributed by atoms with Gasteiger partial charge in [0.25, 0.3) is 0 Å². The number of hydrogen-bond donors (Lipinski definition) is 1. The minimum Gasteiger partial charge on any atom is -0.493 e. The summed E-state index contributed by atoms with van der Waals surface area (Å²) in [5.74, 6) is 1.15. The molecule has 0 bridgehead atoms. The molecule has 0 spiro atoms. The molecule has 0 radical (unpaired) electrons. The van der Waals surface area contributed by atoms with Gasteiger partial charge in [-0.1, -0.05) is 23.7 Å². The summed E-state index contributed by atoms with van der Waals surface area (Å²) in [6.07, 6.45) is 1.62. The lowest BCUT2D eigenvalue weighted by atomic mass is 9.88. The van der Waals surface area contributed by atoms with Crippen molar-refractivity contribution in [3.8, 4) is 29.1 Å². The van der Waals surface area contributed by atoms with Crippen molar-refractivity contribution in [2.75, 3.05) is 14.2 Å². The van der Waals surface area contributed by atoms with Gasteiger partial charge in [0, 0.05) is 11.1 Å². The fourth-order valence-electron chi connectivity index (χ4n) is 3.38. The molecule has 0 aliphatic carbocycles.